The summed E-state index contributed by atoms with van der Waals surface area (Å²) < 4.78 is 89.0. The van der Waals surface area contributed by atoms with Crippen LogP contribution in [-0.2, 0) is 6.61 Å². The summed E-state index contributed by atoms with van der Waals surface area (Å²) in [6.07, 6.45) is 1.46. The Morgan fingerprint density at radius 2 is 1.56 bits per heavy atom. The number of methoxy groups -OCH3 is 2. The van der Waals surface area contributed by atoms with Crippen molar-refractivity contribution in [2.45, 2.75) is 6.61 Å². The van der Waals surface area contributed by atoms with Gasteiger partial charge >= 0.3 is 0 Å². The highest BCUT2D eigenvalue weighted by molar-refractivity contribution is 6.14. The molecule has 10 heteroatoms. The first-order valence-electron chi connectivity index (χ1n) is 9.69. The fourth-order valence-corrected chi connectivity index (χ4v) is 3.36. The number of fused-ring (bicyclic) bond motifs is 1. The summed E-state index contributed by atoms with van der Waals surface area (Å²) in [4.78, 5) is 12.7. The van der Waals surface area contributed by atoms with Crippen LogP contribution in [0.15, 0.2) is 42.2 Å². The molecule has 0 spiro atoms. The predicted molar refractivity (Wildman–Crippen MR) is 109 cm³/mol. The molecule has 0 atom stereocenters. The fraction of sp³-hybridized carbons (Fsp3) is 0.125. The Bertz CT molecular complexity index is 1310. The smallest absolute Gasteiger partial charge is 0.231 e. The number of ether oxygens (including phenoxy) is 4. The summed E-state index contributed by atoms with van der Waals surface area (Å²) >= 11 is 0. The van der Waals surface area contributed by atoms with E-state index in [9.17, 15) is 26.7 Å². The van der Waals surface area contributed by atoms with Crippen molar-refractivity contribution in [2.24, 2.45) is 0 Å². The third-order valence-electron chi connectivity index (χ3n) is 5.05. The highest BCUT2D eigenvalue weighted by Crippen LogP contribution is 2.38. The van der Waals surface area contributed by atoms with Crippen molar-refractivity contribution in [3.05, 3.63) is 87.9 Å². The van der Waals surface area contributed by atoms with Crippen molar-refractivity contribution in [3.63, 3.8) is 0 Å². The second-order valence-electron chi connectivity index (χ2n) is 7.02. The van der Waals surface area contributed by atoms with E-state index in [0.29, 0.717) is 17.1 Å². The number of halogens is 5. The van der Waals surface area contributed by atoms with E-state index in [1.165, 1.54) is 38.5 Å². The van der Waals surface area contributed by atoms with Crippen LogP contribution in [0.5, 0.6) is 23.0 Å². The van der Waals surface area contributed by atoms with E-state index in [2.05, 4.69) is 0 Å². The lowest BCUT2D eigenvalue weighted by Gasteiger charge is -2.11. The molecule has 176 valence electrons. The van der Waals surface area contributed by atoms with Crippen molar-refractivity contribution < 1.29 is 45.7 Å². The fourth-order valence-electron chi connectivity index (χ4n) is 3.36. The minimum atomic E-state index is -2.25. The van der Waals surface area contributed by atoms with Gasteiger partial charge in [-0.1, -0.05) is 12.1 Å². The van der Waals surface area contributed by atoms with Gasteiger partial charge in [0.15, 0.2) is 40.5 Å². The molecule has 0 aromatic heterocycles. The lowest BCUT2D eigenvalue weighted by molar-refractivity contribution is 0.101. The zero-order valence-electron chi connectivity index (χ0n) is 17.7. The van der Waals surface area contributed by atoms with E-state index in [1.54, 1.807) is 18.2 Å². The zero-order valence-corrected chi connectivity index (χ0v) is 17.7. The van der Waals surface area contributed by atoms with E-state index in [1.807, 2.05) is 0 Å². The first-order chi connectivity index (χ1) is 16.3. The highest BCUT2D eigenvalue weighted by atomic mass is 19.2. The zero-order chi connectivity index (χ0) is 24.6. The van der Waals surface area contributed by atoms with E-state index >= 15 is 0 Å². The number of hydrogen-bond acceptors (Lipinski definition) is 5. The van der Waals surface area contributed by atoms with Crippen LogP contribution in [0.3, 0.4) is 0 Å². The highest BCUT2D eigenvalue weighted by Gasteiger charge is 2.29. The number of benzene rings is 3. The summed E-state index contributed by atoms with van der Waals surface area (Å²) in [5.41, 5.74) is -0.419. The molecule has 1 aliphatic rings. The van der Waals surface area contributed by atoms with Crippen molar-refractivity contribution >= 4 is 11.9 Å². The van der Waals surface area contributed by atoms with Gasteiger partial charge in [0, 0.05) is 11.6 Å². The van der Waals surface area contributed by atoms with E-state index in [-0.39, 0.29) is 22.8 Å². The Kier molecular flexibility index (Phi) is 6.14. The summed E-state index contributed by atoms with van der Waals surface area (Å²) in [5, 5.41) is 0. The largest absolute Gasteiger partial charge is 0.493 e. The summed E-state index contributed by atoms with van der Waals surface area (Å²) in [6.45, 7) is -0.942. The molecule has 0 unspecified atom stereocenters. The van der Waals surface area contributed by atoms with Crippen LogP contribution in [-0.4, -0.2) is 20.0 Å². The monoisotopic (exact) mass is 478 g/mol. The van der Waals surface area contributed by atoms with Crippen molar-refractivity contribution in [3.8, 4) is 23.0 Å². The standard InChI is InChI=1S/C24H15F5O5/c1-31-15-5-3-4-11(24(15)32-2)8-17-23(30)13-7-6-12(9-16(13)34-17)33-10-14-18(25)20(27)22(29)21(28)19(14)26/h3-9H,10H2,1-2H3. The summed E-state index contributed by atoms with van der Waals surface area (Å²) in [6, 6.07) is 9.00. The van der Waals surface area contributed by atoms with Crippen LogP contribution < -0.4 is 18.9 Å². The average molecular weight is 478 g/mol. The number of Topliss-reactive ketones (excluding diaryl/α,β-unsaturated/α-hetero) is 1. The molecule has 0 radical (unpaired) electrons. The van der Waals surface area contributed by atoms with Crippen LogP contribution in [0.25, 0.3) is 6.08 Å². The van der Waals surface area contributed by atoms with Gasteiger partial charge < -0.3 is 18.9 Å². The maximum absolute atomic E-state index is 13.9. The van der Waals surface area contributed by atoms with Crippen molar-refractivity contribution in [1.82, 2.24) is 0 Å². The van der Waals surface area contributed by atoms with Gasteiger partial charge in [-0.15, -0.1) is 0 Å². The molecular weight excluding hydrogens is 463 g/mol. The maximum atomic E-state index is 13.9. The Hall–Kier alpha value is -4.08. The lowest BCUT2D eigenvalue weighted by atomic mass is 10.1. The van der Waals surface area contributed by atoms with Crippen molar-refractivity contribution in [2.75, 3.05) is 14.2 Å². The maximum Gasteiger partial charge on any atom is 0.231 e. The molecule has 0 amide bonds. The van der Waals surface area contributed by atoms with Gasteiger partial charge in [0.1, 0.15) is 18.1 Å². The Balaban J connectivity index is 1.58. The normalized spacial score (nSPS) is 13.6. The van der Waals surface area contributed by atoms with Crippen LogP contribution in [0.2, 0.25) is 0 Å². The molecule has 4 rings (SSSR count). The lowest BCUT2D eigenvalue weighted by Crippen LogP contribution is -2.09. The number of allylic oxidation sites excluding steroid dienone is 1. The van der Waals surface area contributed by atoms with E-state index in [0.717, 1.165) is 0 Å². The van der Waals surface area contributed by atoms with Gasteiger partial charge in [-0.25, -0.2) is 22.0 Å². The molecule has 0 saturated carbocycles. The van der Waals surface area contributed by atoms with Crippen LogP contribution in [0.4, 0.5) is 22.0 Å². The van der Waals surface area contributed by atoms with Gasteiger partial charge in [0.05, 0.1) is 25.3 Å². The number of ketones is 1. The molecule has 34 heavy (non-hydrogen) atoms. The number of para-hydroxylation sites is 1. The van der Waals surface area contributed by atoms with Crippen molar-refractivity contribution in [1.29, 1.82) is 0 Å². The molecule has 0 fully saturated rings. The molecule has 3 aromatic carbocycles. The van der Waals surface area contributed by atoms with E-state index in [4.69, 9.17) is 18.9 Å². The third kappa shape index (κ3) is 3.91. The Labute approximate surface area is 189 Å². The summed E-state index contributed by atoms with van der Waals surface area (Å²) in [5.74, 6) is -9.92. The molecule has 0 bridgehead atoms. The minimum absolute atomic E-state index is 0.0179. The number of carbonyl (C=O) groups excluding carboxylic acids is 1. The molecule has 0 aliphatic carbocycles. The molecular formula is C24H15F5O5. The molecule has 0 N–H and O–H groups in total. The average Bonchev–Trinajstić information content (AvgIpc) is 3.15. The predicted octanol–water partition coefficient (Wildman–Crippen LogP) is 5.59. The van der Waals surface area contributed by atoms with Crippen LogP contribution >= 0.6 is 0 Å². The second kappa shape index (κ2) is 9.05. The number of rotatable bonds is 6. The van der Waals surface area contributed by atoms with Crippen LogP contribution in [0, 0.1) is 29.1 Å². The van der Waals surface area contributed by atoms with E-state index < -0.39 is 47.0 Å². The second-order valence-corrected chi connectivity index (χ2v) is 7.02. The first kappa shape index (κ1) is 23.1. The van der Waals surface area contributed by atoms with Gasteiger partial charge in [0.2, 0.25) is 11.6 Å². The Morgan fingerprint density at radius 1 is 0.882 bits per heavy atom. The molecule has 0 saturated heterocycles. The molecule has 5 nitrogen and oxygen atoms in total. The SMILES string of the molecule is COc1cccc(C=C2Oc3cc(OCc4c(F)c(F)c(F)c(F)c4F)ccc3C2=O)c1OC. The van der Waals surface area contributed by atoms with Gasteiger partial charge in [-0.2, -0.15) is 0 Å². The van der Waals surface area contributed by atoms with Gasteiger partial charge in [-0.3, -0.25) is 4.79 Å². The van der Waals surface area contributed by atoms with Crippen LogP contribution in [0.1, 0.15) is 21.5 Å². The van der Waals surface area contributed by atoms with Gasteiger partial charge in [0.25, 0.3) is 0 Å². The number of carbonyl (C=O) groups is 1. The topological polar surface area (TPSA) is 54.0 Å². The number of hydrogen-bond donors (Lipinski definition) is 0. The molecule has 3 aromatic rings. The minimum Gasteiger partial charge on any atom is -0.493 e. The summed E-state index contributed by atoms with van der Waals surface area (Å²) in [7, 11) is 2.91. The third-order valence-corrected chi connectivity index (χ3v) is 5.05. The van der Waals surface area contributed by atoms with Gasteiger partial charge in [-0.05, 0) is 24.3 Å². The quantitative estimate of drug-likeness (QED) is 0.200. The Morgan fingerprint density at radius 3 is 2.21 bits per heavy atom. The molecule has 1 heterocycles. The first-order valence-corrected chi connectivity index (χ1v) is 9.69. The molecule has 1 aliphatic heterocycles.